The highest BCUT2D eigenvalue weighted by atomic mass is 14.7. The molecule has 1 heterocycles. The van der Waals surface area contributed by atoms with Gasteiger partial charge in [0.05, 0.1) is 0 Å². The smallest absolute Gasteiger partial charge is 0.0488 e. The lowest BCUT2D eigenvalue weighted by Crippen LogP contribution is -1.90. The first kappa shape index (κ1) is 11.1. The predicted octanol–water partition coefficient (Wildman–Crippen LogP) is 4.03. The second-order valence-electron chi connectivity index (χ2n) is 4.77. The van der Waals surface area contributed by atoms with E-state index in [4.69, 9.17) is 5.73 Å². The Morgan fingerprint density at radius 1 is 0.944 bits per heavy atom. The molecule has 0 saturated heterocycles. The van der Waals surface area contributed by atoms with Gasteiger partial charge in [-0.05, 0) is 42.2 Å². The molecule has 92 valence electrons. The predicted molar refractivity (Wildman–Crippen MR) is 79.0 cm³/mol. The van der Waals surface area contributed by atoms with Crippen LogP contribution >= 0.6 is 0 Å². The van der Waals surface area contributed by atoms with Crippen molar-refractivity contribution in [2.45, 2.75) is 26.7 Å². The van der Waals surface area contributed by atoms with Crippen molar-refractivity contribution in [1.29, 1.82) is 0 Å². The molecule has 3 rings (SSSR count). The maximum atomic E-state index is 5.97. The minimum atomic E-state index is 0.837. The van der Waals surface area contributed by atoms with Crippen molar-refractivity contribution < 1.29 is 0 Å². The van der Waals surface area contributed by atoms with Crippen LogP contribution < -0.4 is 5.73 Å². The van der Waals surface area contributed by atoms with Gasteiger partial charge in [-0.2, -0.15) is 0 Å². The van der Waals surface area contributed by atoms with Crippen LogP contribution in [0.2, 0.25) is 0 Å². The lowest BCUT2D eigenvalue weighted by molar-refractivity contribution is 1.15. The third kappa shape index (κ3) is 1.49. The summed E-state index contributed by atoms with van der Waals surface area (Å²) in [6.07, 6.45) is 2.06. The number of aryl methyl sites for hydroxylation is 2. The highest BCUT2D eigenvalue weighted by Crippen LogP contribution is 2.33. The molecule has 0 unspecified atom stereocenters. The molecule has 0 amide bonds. The van der Waals surface area contributed by atoms with E-state index in [1.54, 1.807) is 0 Å². The summed E-state index contributed by atoms with van der Waals surface area (Å²) in [5.41, 5.74) is 11.9. The van der Waals surface area contributed by atoms with Crippen molar-refractivity contribution in [2.75, 3.05) is 5.73 Å². The molecule has 0 aliphatic carbocycles. The van der Waals surface area contributed by atoms with Gasteiger partial charge in [-0.3, -0.25) is 0 Å². The summed E-state index contributed by atoms with van der Waals surface area (Å²) >= 11 is 0. The number of aromatic nitrogens is 1. The summed E-state index contributed by atoms with van der Waals surface area (Å²) in [4.78, 5) is 3.49. The molecule has 2 heteroatoms. The number of rotatable bonds is 2. The Labute approximate surface area is 107 Å². The van der Waals surface area contributed by atoms with E-state index >= 15 is 0 Å². The van der Waals surface area contributed by atoms with Crippen LogP contribution in [-0.2, 0) is 12.8 Å². The largest absolute Gasteiger partial charge is 0.399 e. The summed E-state index contributed by atoms with van der Waals surface area (Å²) in [7, 11) is 0. The molecule has 0 spiro atoms. The minimum Gasteiger partial charge on any atom is -0.399 e. The molecule has 2 nitrogen and oxygen atoms in total. The molecular weight excluding hydrogens is 220 g/mol. The summed E-state index contributed by atoms with van der Waals surface area (Å²) in [6, 6.07) is 10.6. The van der Waals surface area contributed by atoms with Gasteiger partial charge >= 0.3 is 0 Å². The third-order valence-corrected chi connectivity index (χ3v) is 3.67. The zero-order chi connectivity index (χ0) is 12.7. The number of hydrogen-bond donors (Lipinski definition) is 2. The number of H-pyrrole nitrogens is 1. The summed E-state index contributed by atoms with van der Waals surface area (Å²) in [5.74, 6) is 0. The van der Waals surface area contributed by atoms with Crippen molar-refractivity contribution in [3.8, 4) is 0 Å². The third-order valence-electron chi connectivity index (χ3n) is 3.67. The Hall–Kier alpha value is -1.96. The van der Waals surface area contributed by atoms with E-state index in [1.807, 2.05) is 6.07 Å². The molecule has 2 aromatic carbocycles. The Balaban J connectivity index is 2.54. The number of hydrogen-bond acceptors (Lipinski definition) is 1. The topological polar surface area (TPSA) is 41.8 Å². The van der Waals surface area contributed by atoms with E-state index in [1.165, 1.54) is 27.4 Å². The molecular formula is C16H18N2. The number of fused-ring (bicyclic) bond motifs is 3. The Morgan fingerprint density at radius 2 is 1.67 bits per heavy atom. The summed E-state index contributed by atoms with van der Waals surface area (Å²) in [5, 5.41) is 2.71. The van der Waals surface area contributed by atoms with Crippen LogP contribution in [0.4, 0.5) is 5.69 Å². The highest BCUT2D eigenvalue weighted by Gasteiger charge is 2.11. The zero-order valence-corrected chi connectivity index (χ0v) is 10.9. The molecule has 0 aliphatic rings. The number of benzene rings is 2. The van der Waals surface area contributed by atoms with Crippen LogP contribution in [0.5, 0.6) is 0 Å². The first-order chi connectivity index (χ1) is 8.74. The van der Waals surface area contributed by atoms with Crippen molar-refractivity contribution in [3.05, 3.63) is 41.5 Å². The van der Waals surface area contributed by atoms with E-state index in [-0.39, 0.29) is 0 Å². The number of nitrogen functional groups attached to an aromatic ring is 1. The Kier molecular flexibility index (Phi) is 2.51. The second-order valence-corrected chi connectivity index (χ2v) is 4.77. The highest BCUT2D eigenvalue weighted by molar-refractivity contribution is 6.11. The van der Waals surface area contributed by atoms with Gasteiger partial charge in [-0.25, -0.2) is 0 Å². The van der Waals surface area contributed by atoms with Crippen molar-refractivity contribution >= 4 is 27.5 Å². The lowest BCUT2D eigenvalue weighted by atomic mass is 9.99. The lowest BCUT2D eigenvalue weighted by Gasteiger charge is -2.05. The van der Waals surface area contributed by atoms with Gasteiger partial charge in [0, 0.05) is 27.5 Å². The van der Waals surface area contributed by atoms with Gasteiger partial charge in [0.1, 0.15) is 0 Å². The average molecular weight is 238 g/mol. The maximum Gasteiger partial charge on any atom is 0.0488 e. The van der Waals surface area contributed by atoms with Gasteiger partial charge in [0.25, 0.3) is 0 Å². The SMILES string of the molecule is CCc1cccc2[nH]c3cc(N)cc(CC)c3c12. The molecule has 0 aliphatic heterocycles. The molecule has 18 heavy (non-hydrogen) atoms. The van der Waals surface area contributed by atoms with Crippen molar-refractivity contribution in [1.82, 2.24) is 4.98 Å². The van der Waals surface area contributed by atoms with Gasteiger partial charge in [0.2, 0.25) is 0 Å². The van der Waals surface area contributed by atoms with Crippen LogP contribution in [0.3, 0.4) is 0 Å². The van der Waals surface area contributed by atoms with Crippen LogP contribution in [0.15, 0.2) is 30.3 Å². The molecule has 0 atom stereocenters. The van der Waals surface area contributed by atoms with Gasteiger partial charge < -0.3 is 10.7 Å². The van der Waals surface area contributed by atoms with Crippen LogP contribution in [0.25, 0.3) is 21.8 Å². The van der Waals surface area contributed by atoms with Gasteiger partial charge in [-0.15, -0.1) is 0 Å². The molecule has 1 aromatic heterocycles. The fourth-order valence-electron chi connectivity index (χ4n) is 2.84. The van der Waals surface area contributed by atoms with Crippen LogP contribution in [0.1, 0.15) is 25.0 Å². The molecule has 0 bridgehead atoms. The van der Waals surface area contributed by atoms with E-state index < -0.39 is 0 Å². The number of aromatic amines is 1. The maximum absolute atomic E-state index is 5.97. The average Bonchev–Trinajstić information content (AvgIpc) is 2.75. The number of anilines is 1. The number of nitrogens with two attached hydrogens (primary N) is 1. The first-order valence-corrected chi connectivity index (χ1v) is 6.56. The normalized spacial score (nSPS) is 11.4. The Morgan fingerprint density at radius 3 is 2.39 bits per heavy atom. The quantitative estimate of drug-likeness (QED) is 0.650. The van der Waals surface area contributed by atoms with E-state index in [9.17, 15) is 0 Å². The van der Waals surface area contributed by atoms with Crippen LogP contribution in [0, 0.1) is 0 Å². The zero-order valence-electron chi connectivity index (χ0n) is 10.9. The minimum absolute atomic E-state index is 0.837. The summed E-state index contributed by atoms with van der Waals surface area (Å²) in [6.45, 7) is 4.39. The Bertz CT molecular complexity index is 723. The van der Waals surface area contributed by atoms with Gasteiger partial charge in [0.15, 0.2) is 0 Å². The van der Waals surface area contributed by atoms with Crippen molar-refractivity contribution in [3.63, 3.8) is 0 Å². The second kappa shape index (κ2) is 4.05. The van der Waals surface area contributed by atoms with Crippen LogP contribution in [-0.4, -0.2) is 4.98 Å². The molecule has 0 fully saturated rings. The van der Waals surface area contributed by atoms with E-state index in [0.717, 1.165) is 24.0 Å². The standard InChI is InChI=1S/C16H18N2/c1-3-10-6-5-7-13-15(10)16-11(4-2)8-12(17)9-14(16)18-13/h5-9,18H,3-4,17H2,1-2H3. The molecule has 3 N–H and O–H groups in total. The van der Waals surface area contributed by atoms with Gasteiger partial charge in [-0.1, -0.05) is 26.0 Å². The fourth-order valence-corrected chi connectivity index (χ4v) is 2.84. The molecule has 0 saturated carbocycles. The molecule has 0 radical (unpaired) electrons. The monoisotopic (exact) mass is 238 g/mol. The van der Waals surface area contributed by atoms with Crippen molar-refractivity contribution in [2.24, 2.45) is 0 Å². The molecule has 3 aromatic rings. The van der Waals surface area contributed by atoms with E-state index in [2.05, 4.69) is 43.1 Å². The first-order valence-electron chi connectivity index (χ1n) is 6.56. The summed E-state index contributed by atoms with van der Waals surface area (Å²) < 4.78 is 0. The van der Waals surface area contributed by atoms with E-state index in [0.29, 0.717) is 0 Å². The fraction of sp³-hybridized carbons (Fsp3) is 0.250. The number of nitrogens with one attached hydrogen (secondary N) is 1.